The second kappa shape index (κ2) is 7.43. The highest BCUT2D eigenvalue weighted by molar-refractivity contribution is 6.06. The van der Waals surface area contributed by atoms with Crippen LogP contribution in [0.15, 0.2) is 54.6 Å². The number of aryl methyl sites for hydroxylation is 1. The number of nitrogens with one attached hydrogen (secondary N) is 1. The van der Waals surface area contributed by atoms with Crippen molar-refractivity contribution in [2.75, 3.05) is 16.8 Å². The third-order valence-electron chi connectivity index (χ3n) is 5.03. The second-order valence-electron chi connectivity index (χ2n) is 7.42. The molecule has 0 unspecified atom stereocenters. The highest BCUT2D eigenvalue weighted by Gasteiger charge is 2.26. The summed E-state index contributed by atoms with van der Waals surface area (Å²) in [5, 5.41) is 3.31. The molecule has 0 bridgehead atoms. The van der Waals surface area contributed by atoms with Crippen LogP contribution < -0.4 is 10.2 Å². The number of hydrogen-bond donors (Lipinski definition) is 1. The molecule has 142 valence electrons. The van der Waals surface area contributed by atoms with Gasteiger partial charge < -0.3 is 10.2 Å². The topological polar surface area (TPSA) is 58.1 Å². The summed E-state index contributed by atoms with van der Waals surface area (Å²) in [5.41, 5.74) is 5.50. The first-order valence-electron chi connectivity index (χ1n) is 9.64. The van der Waals surface area contributed by atoms with Crippen LogP contribution in [0.25, 0.3) is 0 Å². The Bertz CT molecular complexity index is 1030. The molecule has 5 heteroatoms. The van der Waals surface area contributed by atoms with E-state index in [1.54, 1.807) is 6.07 Å². The summed E-state index contributed by atoms with van der Waals surface area (Å²) >= 11 is 0. The van der Waals surface area contributed by atoms with E-state index in [9.17, 15) is 4.79 Å². The van der Waals surface area contributed by atoms with E-state index in [0.29, 0.717) is 24.1 Å². The standard InChI is InChI=1S/C23H24N4O/c1-15(2)18-9-5-6-10-19(18)25-23-24-16(3)14-20(26-23)22(28)27-13-12-17-8-4-7-11-21(17)27/h4-11,14-15H,12-13H2,1-3H3,(H,24,25,26). The molecular weight excluding hydrogens is 348 g/mol. The molecule has 2 heterocycles. The van der Waals surface area contributed by atoms with Gasteiger partial charge in [-0.25, -0.2) is 9.97 Å². The largest absolute Gasteiger partial charge is 0.324 e. The Kier molecular flexibility index (Phi) is 4.82. The van der Waals surface area contributed by atoms with Crippen molar-refractivity contribution in [3.8, 4) is 0 Å². The average molecular weight is 372 g/mol. The Labute approximate surface area is 165 Å². The quantitative estimate of drug-likeness (QED) is 0.711. The van der Waals surface area contributed by atoms with Crippen LogP contribution in [-0.2, 0) is 6.42 Å². The molecule has 0 saturated carbocycles. The number of amides is 1. The predicted molar refractivity (Wildman–Crippen MR) is 112 cm³/mol. The monoisotopic (exact) mass is 372 g/mol. The minimum absolute atomic E-state index is 0.0874. The van der Waals surface area contributed by atoms with Gasteiger partial charge in [0.15, 0.2) is 0 Å². The Balaban J connectivity index is 1.64. The van der Waals surface area contributed by atoms with Crippen LogP contribution in [-0.4, -0.2) is 22.4 Å². The average Bonchev–Trinajstić information content (AvgIpc) is 3.11. The summed E-state index contributed by atoms with van der Waals surface area (Å²) < 4.78 is 0. The number of anilines is 3. The lowest BCUT2D eigenvalue weighted by Crippen LogP contribution is -2.30. The predicted octanol–water partition coefficient (Wildman–Crippen LogP) is 4.85. The van der Waals surface area contributed by atoms with Crippen LogP contribution in [0.1, 0.15) is 47.1 Å². The number of hydrogen-bond acceptors (Lipinski definition) is 4. The normalized spacial score (nSPS) is 12.9. The van der Waals surface area contributed by atoms with E-state index in [1.165, 1.54) is 11.1 Å². The SMILES string of the molecule is Cc1cc(C(=O)N2CCc3ccccc32)nc(Nc2ccccc2C(C)C)n1. The lowest BCUT2D eigenvalue weighted by atomic mass is 10.0. The molecule has 0 saturated heterocycles. The van der Waals surface area contributed by atoms with Crippen molar-refractivity contribution in [2.45, 2.75) is 33.1 Å². The molecule has 0 aliphatic carbocycles. The molecule has 1 aliphatic rings. The molecule has 1 amide bonds. The van der Waals surface area contributed by atoms with E-state index < -0.39 is 0 Å². The Morgan fingerprint density at radius 2 is 1.82 bits per heavy atom. The van der Waals surface area contributed by atoms with Crippen molar-refractivity contribution in [1.29, 1.82) is 0 Å². The molecule has 3 aromatic rings. The van der Waals surface area contributed by atoms with Crippen molar-refractivity contribution in [3.63, 3.8) is 0 Å². The van der Waals surface area contributed by atoms with E-state index in [0.717, 1.165) is 23.5 Å². The van der Waals surface area contributed by atoms with Crippen molar-refractivity contribution < 1.29 is 4.79 Å². The van der Waals surface area contributed by atoms with Crippen molar-refractivity contribution in [3.05, 3.63) is 77.1 Å². The van der Waals surface area contributed by atoms with Crippen LogP contribution in [0.4, 0.5) is 17.3 Å². The Morgan fingerprint density at radius 3 is 2.64 bits per heavy atom. The van der Waals surface area contributed by atoms with E-state index in [1.807, 2.05) is 48.2 Å². The Hall–Kier alpha value is -3.21. The van der Waals surface area contributed by atoms with Gasteiger partial charge in [0.05, 0.1) is 0 Å². The first-order valence-corrected chi connectivity index (χ1v) is 9.64. The van der Waals surface area contributed by atoms with Crippen LogP contribution in [0.2, 0.25) is 0 Å². The third-order valence-corrected chi connectivity index (χ3v) is 5.03. The van der Waals surface area contributed by atoms with E-state index in [4.69, 9.17) is 0 Å². The molecule has 1 N–H and O–H groups in total. The first kappa shape index (κ1) is 18.2. The zero-order chi connectivity index (χ0) is 19.7. The summed E-state index contributed by atoms with van der Waals surface area (Å²) in [7, 11) is 0. The van der Waals surface area contributed by atoms with Gasteiger partial charge in [-0.05, 0) is 48.6 Å². The number of carbonyl (C=O) groups excluding carboxylic acids is 1. The molecule has 0 fully saturated rings. The number of fused-ring (bicyclic) bond motifs is 1. The molecule has 0 spiro atoms. The number of carbonyl (C=O) groups is 1. The highest BCUT2D eigenvalue weighted by Crippen LogP contribution is 2.29. The molecule has 5 nitrogen and oxygen atoms in total. The maximum absolute atomic E-state index is 13.1. The van der Waals surface area contributed by atoms with Gasteiger partial charge in [-0.1, -0.05) is 50.2 Å². The molecule has 28 heavy (non-hydrogen) atoms. The van der Waals surface area contributed by atoms with Crippen LogP contribution >= 0.6 is 0 Å². The Morgan fingerprint density at radius 1 is 1.07 bits per heavy atom. The van der Waals surface area contributed by atoms with Crippen molar-refractivity contribution in [1.82, 2.24) is 9.97 Å². The fourth-order valence-corrected chi connectivity index (χ4v) is 3.66. The lowest BCUT2D eigenvalue weighted by molar-refractivity contribution is 0.0984. The number of aromatic nitrogens is 2. The summed E-state index contributed by atoms with van der Waals surface area (Å²) in [6, 6.07) is 17.9. The third kappa shape index (κ3) is 3.48. The lowest BCUT2D eigenvalue weighted by Gasteiger charge is -2.18. The summed E-state index contributed by atoms with van der Waals surface area (Å²) in [4.78, 5) is 24.0. The van der Waals surface area contributed by atoms with Crippen molar-refractivity contribution >= 4 is 23.2 Å². The van der Waals surface area contributed by atoms with Crippen LogP contribution in [0, 0.1) is 6.92 Å². The van der Waals surface area contributed by atoms with Gasteiger partial charge in [-0.2, -0.15) is 0 Å². The maximum Gasteiger partial charge on any atom is 0.277 e. The van der Waals surface area contributed by atoms with Gasteiger partial charge in [0.1, 0.15) is 5.69 Å². The highest BCUT2D eigenvalue weighted by atomic mass is 16.2. The molecular formula is C23H24N4O. The smallest absolute Gasteiger partial charge is 0.277 e. The molecule has 1 aromatic heterocycles. The minimum atomic E-state index is -0.0874. The van der Waals surface area contributed by atoms with Gasteiger partial charge in [-0.3, -0.25) is 4.79 Å². The zero-order valence-electron chi connectivity index (χ0n) is 16.4. The van der Waals surface area contributed by atoms with Gasteiger partial charge in [-0.15, -0.1) is 0 Å². The second-order valence-corrected chi connectivity index (χ2v) is 7.42. The maximum atomic E-state index is 13.1. The first-order chi connectivity index (χ1) is 13.5. The van der Waals surface area contributed by atoms with Crippen LogP contribution in [0.5, 0.6) is 0 Å². The minimum Gasteiger partial charge on any atom is -0.324 e. The number of nitrogens with zero attached hydrogens (tertiary/aromatic N) is 3. The van der Waals surface area contributed by atoms with Gasteiger partial charge in [0.25, 0.3) is 5.91 Å². The molecule has 0 atom stereocenters. The van der Waals surface area contributed by atoms with Gasteiger partial charge in [0.2, 0.25) is 5.95 Å². The van der Waals surface area contributed by atoms with Gasteiger partial charge in [0, 0.05) is 23.6 Å². The number of rotatable bonds is 4. The summed E-state index contributed by atoms with van der Waals surface area (Å²) in [6.45, 7) is 6.87. The number of benzene rings is 2. The van der Waals surface area contributed by atoms with Crippen molar-refractivity contribution in [2.24, 2.45) is 0 Å². The molecule has 0 radical (unpaired) electrons. The van der Waals surface area contributed by atoms with E-state index in [-0.39, 0.29) is 5.91 Å². The fraction of sp³-hybridized carbons (Fsp3) is 0.261. The van der Waals surface area contributed by atoms with E-state index in [2.05, 4.69) is 41.3 Å². The molecule has 2 aromatic carbocycles. The number of para-hydroxylation sites is 2. The molecule has 1 aliphatic heterocycles. The zero-order valence-corrected chi connectivity index (χ0v) is 16.4. The van der Waals surface area contributed by atoms with Crippen LogP contribution in [0.3, 0.4) is 0 Å². The fourth-order valence-electron chi connectivity index (χ4n) is 3.66. The summed E-state index contributed by atoms with van der Waals surface area (Å²) in [5.74, 6) is 0.732. The molecule has 4 rings (SSSR count). The van der Waals surface area contributed by atoms with E-state index >= 15 is 0 Å². The summed E-state index contributed by atoms with van der Waals surface area (Å²) in [6.07, 6.45) is 0.874. The van der Waals surface area contributed by atoms with Gasteiger partial charge >= 0.3 is 0 Å².